The zero-order valence-electron chi connectivity index (χ0n) is 19.2. The molecule has 0 amide bonds. The van der Waals surface area contributed by atoms with Crippen molar-refractivity contribution < 1.29 is 22.5 Å². The van der Waals surface area contributed by atoms with Crippen LogP contribution in [0.3, 0.4) is 0 Å². The van der Waals surface area contributed by atoms with Crippen LogP contribution in [0, 0.1) is 0 Å². The zero-order valence-corrected chi connectivity index (χ0v) is 20.2. The lowest BCUT2D eigenvalue weighted by Gasteiger charge is -2.32. The minimum atomic E-state index is -4.38. The van der Waals surface area contributed by atoms with E-state index in [0.717, 1.165) is 28.4 Å². The molecule has 0 aliphatic carbocycles. The summed E-state index contributed by atoms with van der Waals surface area (Å²) in [5, 5.41) is 1.12. The van der Waals surface area contributed by atoms with Gasteiger partial charge in [0.05, 0.1) is 24.8 Å². The molecule has 0 bridgehead atoms. The monoisotopic (exact) mass is 446 g/mol. The molecule has 0 aromatic heterocycles. The second kappa shape index (κ2) is 7.94. The maximum Gasteiger partial charge on any atom is 0.495 e. The third kappa shape index (κ3) is 4.84. The van der Waals surface area contributed by atoms with Gasteiger partial charge in [-0.15, -0.1) is 0 Å². The van der Waals surface area contributed by atoms with Crippen LogP contribution in [0.1, 0.15) is 44.4 Å². The predicted molar refractivity (Wildman–Crippen MR) is 124 cm³/mol. The van der Waals surface area contributed by atoms with Gasteiger partial charge in [-0.3, -0.25) is 0 Å². The van der Waals surface area contributed by atoms with Gasteiger partial charge in [0.1, 0.15) is 0 Å². The molecule has 7 heteroatoms. The van der Waals surface area contributed by atoms with E-state index in [1.165, 1.54) is 12.1 Å². The van der Waals surface area contributed by atoms with E-state index in [2.05, 4.69) is 19.6 Å². The summed E-state index contributed by atoms with van der Waals surface area (Å²) in [6, 6.07) is 15.3. The number of benzene rings is 2. The van der Waals surface area contributed by atoms with Gasteiger partial charge in [-0.25, -0.2) is 0 Å². The summed E-state index contributed by atoms with van der Waals surface area (Å²) in [7, 11) is -2.66. The summed E-state index contributed by atoms with van der Waals surface area (Å²) in [6.07, 6.45) is -4.38. The van der Waals surface area contributed by atoms with E-state index in [1.807, 2.05) is 58.0 Å². The highest BCUT2D eigenvalue weighted by molar-refractivity contribution is 6.98. The molecule has 0 spiro atoms. The molecule has 1 aliphatic heterocycles. The highest BCUT2D eigenvalue weighted by atomic mass is 28.3. The van der Waals surface area contributed by atoms with Crippen LogP contribution in [0.15, 0.2) is 54.6 Å². The topological polar surface area (TPSA) is 18.5 Å². The normalized spacial score (nSPS) is 19.4. The third-order valence-electron chi connectivity index (χ3n) is 6.09. The Morgan fingerprint density at radius 1 is 0.774 bits per heavy atom. The molecule has 2 aromatic carbocycles. The smallest absolute Gasteiger partial charge is 0.399 e. The van der Waals surface area contributed by atoms with E-state index in [4.69, 9.17) is 9.31 Å². The van der Waals surface area contributed by atoms with Crippen molar-refractivity contribution in [3.63, 3.8) is 0 Å². The fourth-order valence-corrected chi connectivity index (χ4v) is 5.90. The van der Waals surface area contributed by atoms with Crippen LogP contribution >= 0.6 is 0 Å². The van der Waals surface area contributed by atoms with Gasteiger partial charge in [-0.05, 0) is 56.4 Å². The number of rotatable bonds is 4. The largest absolute Gasteiger partial charge is 0.495 e. The molecule has 2 aromatic rings. The van der Waals surface area contributed by atoms with E-state index in [-0.39, 0.29) is 0 Å². The lowest BCUT2D eigenvalue weighted by Crippen LogP contribution is -2.41. The van der Waals surface area contributed by atoms with Crippen LogP contribution < -0.4 is 0 Å². The van der Waals surface area contributed by atoms with E-state index in [1.54, 1.807) is 0 Å². The Morgan fingerprint density at radius 2 is 1.26 bits per heavy atom. The molecule has 0 saturated carbocycles. The predicted octanol–water partition coefficient (Wildman–Crippen LogP) is 7.13. The highest BCUT2D eigenvalue weighted by Gasteiger charge is 2.53. The fourth-order valence-electron chi connectivity index (χ4n) is 3.80. The van der Waals surface area contributed by atoms with Gasteiger partial charge in [0.25, 0.3) is 0 Å². The number of alkyl halides is 3. The van der Waals surface area contributed by atoms with Crippen molar-refractivity contribution in [2.75, 3.05) is 0 Å². The molecule has 166 valence electrons. The van der Waals surface area contributed by atoms with Crippen LogP contribution in [0.2, 0.25) is 19.6 Å². The molecule has 1 saturated heterocycles. The quantitative estimate of drug-likeness (QED) is 0.368. The summed E-state index contributed by atoms with van der Waals surface area (Å²) >= 11 is 0. The second-order valence-corrected chi connectivity index (χ2v) is 15.1. The lowest BCUT2D eigenvalue weighted by molar-refractivity contribution is -0.137. The van der Waals surface area contributed by atoms with Crippen molar-refractivity contribution in [3.05, 3.63) is 71.3 Å². The average molecular weight is 446 g/mol. The highest BCUT2D eigenvalue weighted by Crippen LogP contribution is 2.44. The van der Waals surface area contributed by atoms with Crippen LogP contribution in [0.4, 0.5) is 13.2 Å². The van der Waals surface area contributed by atoms with Crippen molar-refractivity contribution in [1.29, 1.82) is 0 Å². The van der Waals surface area contributed by atoms with E-state index < -0.39 is 38.1 Å². The van der Waals surface area contributed by atoms with Gasteiger partial charge < -0.3 is 9.31 Å². The molecule has 0 unspecified atom stereocenters. The molecule has 1 fully saturated rings. The first-order valence-electron chi connectivity index (χ1n) is 10.5. The maximum atomic E-state index is 13.2. The third-order valence-corrected chi connectivity index (χ3v) is 8.15. The van der Waals surface area contributed by atoms with Crippen LogP contribution in [0.5, 0.6) is 0 Å². The first-order chi connectivity index (χ1) is 14.1. The number of hydrogen-bond donors (Lipinski definition) is 0. The second-order valence-electron chi connectivity index (χ2n) is 10.1. The molecule has 0 atom stereocenters. The minimum absolute atomic E-state index is 0.559. The summed E-state index contributed by atoms with van der Waals surface area (Å²) in [4.78, 5) is 0. The number of hydrogen-bond acceptors (Lipinski definition) is 2. The van der Waals surface area contributed by atoms with Crippen LogP contribution in [0.25, 0.3) is 10.7 Å². The Labute approximate surface area is 184 Å². The van der Waals surface area contributed by atoms with Crippen molar-refractivity contribution in [2.45, 2.75) is 64.7 Å². The van der Waals surface area contributed by atoms with E-state index in [9.17, 15) is 13.2 Å². The standard InChI is InChI=1S/C24H30BF3O2Si/c1-22(2)23(3,4)30-25(29-22)20(17-13-15-19(16-14-17)24(26,27)28)21(31(5,6)7)18-11-9-8-10-12-18/h8-16H,1-7H3/b21-20+. The van der Waals surface area contributed by atoms with Crippen LogP contribution in [-0.2, 0) is 15.5 Å². The molecule has 0 N–H and O–H groups in total. The summed E-state index contributed by atoms with van der Waals surface area (Å²) in [6.45, 7) is 14.6. The Hall–Kier alpha value is -1.83. The van der Waals surface area contributed by atoms with Gasteiger partial charge in [0.15, 0.2) is 0 Å². The Balaban J connectivity index is 2.28. The van der Waals surface area contributed by atoms with Gasteiger partial charge in [-0.2, -0.15) is 13.2 Å². The molecule has 2 nitrogen and oxygen atoms in total. The molecular weight excluding hydrogens is 416 g/mol. The molecule has 0 radical (unpaired) electrons. The zero-order chi connectivity index (χ0) is 23.2. The maximum absolute atomic E-state index is 13.2. The van der Waals surface area contributed by atoms with Gasteiger partial charge >= 0.3 is 13.3 Å². The molecular formula is C24H30BF3O2Si. The molecule has 3 rings (SSSR count). The Kier molecular flexibility index (Phi) is 6.11. The van der Waals surface area contributed by atoms with Gasteiger partial charge in [0.2, 0.25) is 0 Å². The Morgan fingerprint density at radius 3 is 1.68 bits per heavy atom. The molecule has 1 heterocycles. The van der Waals surface area contributed by atoms with Crippen molar-refractivity contribution in [2.24, 2.45) is 0 Å². The lowest BCUT2D eigenvalue weighted by atomic mass is 9.72. The Bertz CT molecular complexity index is 943. The molecule has 31 heavy (non-hydrogen) atoms. The SMILES string of the molecule is CC1(C)OB(/C(=C(\c2ccccc2)[Si](C)(C)C)c2ccc(C(F)(F)F)cc2)OC1(C)C. The van der Waals surface area contributed by atoms with E-state index >= 15 is 0 Å². The van der Waals surface area contributed by atoms with E-state index in [0.29, 0.717) is 5.56 Å². The first-order valence-corrected chi connectivity index (χ1v) is 14.0. The fraction of sp³-hybridized carbons (Fsp3) is 0.417. The van der Waals surface area contributed by atoms with Crippen molar-refractivity contribution in [3.8, 4) is 0 Å². The van der Waals surface area contributed by atoms with Crippen molar-refractivity contribution >= 4 is 25.9 Å². The summed E-state index contributed by atoms with van der Waals surface area (Å²) < 4.78 is 52.3. The van der Waals surface area contributed by atoms with Gasteiger partial charge in [0, 0.05) is 0 Å². The number of halogens is 3. The first kappa shape index (κ1) is 23.8. The summed E-state index contributed by atoms with van der Waals surface area (Å²) in [5.74, 6) is 0. The summed E-state index contributed by atoms with van der Waals surface area (Å²) in [5.41, 5.74) is 0.766. The average Bonchev–Trinajstić information content (AvgIpc) is 2.85. The van der Waals surface area contributed by atoms with Crippen LogP contribution in [-0.4, -0.2) is 26.4 Å². The van der Waals surface area contributed by atoms with Crippen molar-refractivity contribution in [1.82, 2.24) is 0 Å². The minimum Gasteiger partial charge on any atom is -0.399 e. The molecule has 1 aliphatic rings. The van der Waals surface area contributed by atoms with Gasteiger partial charge in [-0.1, -0.05) is 67.3 Å².